The molecule has 5 nitrogen and oxygen atoms in total. The van der Waals surface area contributed by atoms with Gasteiger partial charge >= 0.3 is 5.97 Å². The molecule has 114 valence electrons. The summed E-state index contributed by atoms with van der Waals surface area (Å²) in [5.41, 5.74) is 0.295. The topological polar surface area (TPSA) is 66.8 Å². The monoisotopic (exact) mass is 291 g/mol. The van der Waals surface area contributed by atoms with Crippen LogP contribution in [0.25, 0.3) is 0 Å². The lowest BCUT2D eigenvalue weighted by atomic mass is 9.90. The number of hydrogen-bond donors (Lipinski definition) is 1. The van der Waals surface area contributed by atoms with Crippen molar-refractivity contribution >= 4 is 11.9 Å². The average molecular weight is 291 g/mol. The Labute approximate surface area is 124 Å². The summed E-state index contributed by atoms with van der Waals surface area (Å²) in [4.78, 5) is 24.8. The van der Waals surface area contributed by atoms with Crippen molar-refractivity contribution in [1.29, 1.82) is 0 Å². The predicted octanol–water partition coefficient (Wildman–Crippen LogP) is 2.09. The van der Waals surface area contributed by atoms with E-state index in [2.05, 4.69) is 0 Å². The lowest BCUT2D eigenvalue weighted by molar-refractivity contribution is -0.147. The minimum atomic E-state index is -0.839. The number of aryl methyl sites for hydroxylation is 1. The standard InChI is InChI=1S/C16H21NO4/c1-12-4-3-5-13(10-12)21-9-6-14(18)17-8-7-16(2,11-17)15(19)20/h3-5,10H,6-9,11H2,1-2H3,(H,19,20)/t16-/m0/s1. The van der Waals surface area contributed by atoms with Crippen LogP contribution in [0.4, 0.5) is 0 Å². The van der Waals surface area contributed by atoms with E-state index in [0.29, 0.717) is 19.6 Å². The van der Waals surface area contributed by atoms with E-state index in [4.69, 9.17) is 9.84 Å². The number of carbonyl (C=O) groups is 2. The molecule has 0 bridgehead atoms. The lowest BCUT2D eigenvalue weighted by Crippen LogP contribution is -2.35. The van der Waals surface area contributed by atoms with Crippen molar-refractivity contribution in [3.05, 3.63) is 29.8 Å². The second kappa shape index (κ2) is 6.16. The molecule has 0 radical (unpaired) electrons. The minimum Gasteiger partial charge on any atom is -0.493 e. The van der Waals surface area contributed by atoms with E-state index >= 15 is 0 Å². The number of carboxylic acid groups (broad SMARTS) is 1. The van der Waals surface area contributed by atoms with Crippen molar-refractivity contribution in [3.8, 4) is 5.75 Å². The molecule has 0 spiro atoms. The first-order valence-electron chi connectivity index (χ1n) is 7.11. The van der Waals surface area contributed by atoms with E-state index in [9.17, 15) is 9.59 Å². The van der Waals surface area contributed by atoms with Gasteiger partial charge in [0, 0.05) is 13.1 Å². The molecule has 1 aromatic carbocycles. The highest BCUT2D eigenvalue weighted by molar-refractivity contribution is 5.80. The molecule has 0 unspecified atom stereocenters. The van der Waals surface area contributed by atoms with Gasteiger partial charge < -0.3 is 14.7 Å². The first-order valence-corrected chi connectivity index (χ1v) is 7.11. The fourth-order valence-corrected chi connectivity index (χ4v) is 2.47. The highest BCUT2D eigenvalue weighted by atomic mass is 16.5. The second-order valence-corrected chi connectivity index (χ2v) is 5.85. The Hall–Kier alpha value is -2.04. The molecule has 21 heavy (non-hydrogen) atoms. The van der Waals surface area contributed by atoms with E-state index in [1.54, 1.807) is 11.8 Å². The first kappa shape index (κ1) is 15.4. The molecular weight excluding hydrogens is 270 g/mol. The highest BCUT2D eigenvalue weighted by Crippen LogP contribution is 2.30. The quantitative estimate of drug-likeness (QED) is 0.902. The molecule has 1 fully saturated rings. The van der Waals surface area contributed by atoms with Crippen molar-refractivity contribution < 1.29 is 19.4 Å². The van der Waals surface area contributed by atoms with Crippen molar-refractivity contribution in [1.82, 2.24) is 4.90 Å². The number of nitrogens with zero attached hydrogens (tertiary/aromatic N) is 1. The minimum absolute atomic E-state index is 0.0485. The van der Waals surface area contributed by atoms with Crippen LogP contribution in [0.3, 0.4) is 0 Å². The molecule has 1 saturated heterocycles. The molecule has 1 amide bonds. The Balaban J connectivity index is 1.79. The first-order chi connectivity index (χ1) is 9.90. The maximum Gasteiger partial charge on any atom is 0.311 e. The van der Waals surface area contributed by atoms with Gasteiger partial charge in [0.1, 0.15) is 5.75 Å². The van der Waals surface area contributed by atoms with Crippen LogP contribution in [0, 0.1) is 12.3 Å². The van der Waals surface area contributed by atoms with Crippen LogP contribution in [0.1, 0.15) is 25.3 Å². The molecular formula is C16H21NO4. The number of ether oxygens (including phenoxy) is 1. The van der Waals surface area contributed by atoms with Crippen molar-refractivity contribution in [2.75, 3.05) is 19.7 Å². The Morgan fingerprint density at radius 2 is 2.19 bits per heavy atom. The third-order valence-corrected chi connectivity index (χ3v) is 3.92. The van der Waals surface area contributed by atoms with Crippen molar-refractivity contribution in [2.45, 2.75) is 26.7 Å². The van der Waals surface area contributed by atoms with Crippen molar-refractivity contribution in [3.63, 3.8) is 0 Å². The molecule has 5 heteroatoms. The predicted molar refractivity (Wildman–Crippen MR) is 78.2 cm³/mol. The molecule has 1 aliphatic rings. The number of hydrogen-bond acceptors (Lipinski definition) is 3. The number of aliphatic carboxylic acids is 1. The summed E-state index contributed by atoms with van der Waals surface area (Å²) >= 11 is 0. The molecule has 0 aromatic heterocycles. The molecule has 1 N–H and O–H groups in total. The Morgan fingerprint density at radius 1 is 1.43 bits per heavy atom. The maximum atomic E-state index is 12.1. The molecule has 1 aliphatic heterocycles. The van der Waals surface area contributed by atoms with Crippen molar-refractivity contribution in [2.24, 2.45) is 5.41 Å². The van der Waals surface area contributed by atoms with E-state index in [1.165, 1.54) is 0 Å². The lowest BCUT2D eigenvalue weighted by Gasteiger charge is -2.20. The van der Waals surface area contributed by atoms with E-state index < -0.39 is 11.4 Å². The number of likely N-dealkylation sites (tertiary alicyclic amines) is 1. The van der Waals surface area contributed by atoms with Gasteiger partial charge in [-0.1, -0.05) is 12.1 Å². The summed E-state index contributed by atoms with van der Waals surface area (Å²) < 4.78 is 5.55. The van der Waals surface area contributed by atoms with Gasteiger partial charge in [-0.3, -0.25) is 9.59 Å². The van der Waals surface area contributed by atoms with Gasteiger partial charge in [0.2, 0.25) is 5.91 Å². The summed E-state index contributed by atoms with van der Waals surface area (Å²) in [7, 11) is 0. The molecule has 1 heterocycles. The summed E-state index contributed by atoms with van der Waals surface area (Å²) in [6.07, 6.45) is 0.774. The zero-order valence-corrected chi connectivity index (χ0v) is 12.5. The Kier molecular flexibility index (Phi) is 4.50. The van der Waals surface area contributed by atoms with E-state index in [0.717, 1.165) is 11.3 Å². The summed E-state index contributed by atoms with van der Waals surface area (Å²) in [5, 5.41) is 9.16. The SMILES string of the molecule is Cc1cccc(OCCC(=O)N2CC[C@](C)(C(=O)O)C2)c1. The zero-order valence-electron chi connectivity index (χ0n) is 12.5. The van der Waals surface area contributed by atoms with Crippen LogP contribution < -0.4 is 4.74 Å². The fraction of sp³-hybridized carbons (Fsp3) is 0.500. The number of benzene rings is 1. The summed E-state index contributed by atoms with van der Waals surface area (Å²) in [5.74, 6) is -0.138. The van der Waals surface area contributed by atoms with Crippen LogP contribution in [0.15, 0.2) is 24.3 Å². The largest absolute Gasteiger partial charge is 0.493 e. The third kappa shape index (κ3) is 3.74. The molecule has 0 saturated carbocycles. The fourth-order valence-electron chi connectivity index (χ4n) is 2.47. The number of rotatable bonds is 5. The normalized spacial score (nSPS) is 21.3. The van der Waals surface area contributed by atoms with Gasteiger partial charge in [-0.2, -0.15) is 0 Å². The molecule has 1 atom stereocenters. The average Bonchev–Trinajstić information content (AvgIpc) is 2.83. The van der Waals surface area contributed by atoms with Gasteiger partial charge in [-0.05, 0) is 38.0 Å². The highest BCUT2D eigenvalue weighted by Gasteiger charge is 2.41. The number of carbonyl (C=O) groups excluding carboxylic acids is 1. The van der Waals surface area contributed by atoms with Gasteiger partial charge in [0.25, 0.3) is 0 Å². The number of carboxylic acids is 1. The zero-order chi connectivity index (χ0) is 15.5. The smallest absolute Gasteiger partial charge is 0.311 e. The molecule has 2 rings (SSSR count). The van der Waals surface area contributed by atoms with Crippen LogP contribution >= 0.6 is 0 Å². The van der Waals surface area contributed by atoms with Crippen LogP contribution in [-0.4, -0.2) is 41.6 Å². The van der Waals surface area contributed by atoms with Gasteiger partial charge in [0.05, 0.1) is 18.4 Å². The maximum absolute atomic E-state index is 12.1. The van der Waals surface area contributed by atoms with Gasteiger partial charge in [-0.25, -0.2) is 0 Å². The molecule has 1 aromatic rings. The Bertz CT molecular complexity index is 543. The summed E-state index contributed by atoms with van der Waals surface area (Å²) in [6, 6.07) is 7.66. The van der Waals surface area contributed by atoms with Crippen LogP contribution in [0.5, 0.6) is 5.75 Å². The summed E-state index contributed by atoms with van der Waals surface area (Å²) in [6.45, 7) is 4.76. The van der Waals surface area contributed by atoms with Gasteiger partial charge in [0.15, 0.2) is 0 Å². The third-order valence-electron chi connectivity index (χ3n) is 3.92. The van der Waals surface area contributed by atoms with Gasteiger partial charge in [-0.15, -0.1) is 0 Å². The Morgan fingerprint density at radius 3 is 2.81 bits per heavy atom. The second-order valence-electron chi connectivity index (χ2n) is 5.85. The molecule has 0 aliphatic carbocycles. The van der Waals surface area contributed by atoms with E-state index in [-0.39, 0.29) is 18.9 Å². The van der Waals surface area contributed by atoms with Crippen LogP contribution in [-0.2, 0) is 9.59 Å². The van der Waals surface area contributed by atoms with E-state index in [1.807, 2.05) is 31.2 Å². The van der Waals surface area contributed by atoms with Crippen LogP contribution in [0.2, 0.25) is 0 Å². The number of amides is 1.